The van der Waals surface area contributed by atoms with Crippen molar-refractivity contribution in [3.8, 4) is 0 Å². The molecule has 0 aliphatic rings. The van der Waals surface area contributed by atoms with Crippen LogP contribution in [-0.4, -0.2) is 6.21 Å². The van der Waals surface area contributed by atoms with Gasteiger partial charge in [0.1, 0.15) is 0 Å². The van der Waals surface area contributed by atoms with E-state index in [1.165, 1.54) is 0 Å². The summed E-state index contributed by atoms with van der Waals surface area (Å²) in [5.41, 5.74) is 5.32. The highest BCUT2D eigenvalue weighted by Gasteiger charge is 2.06. The second kappa shape index (κ2) is 9.73. The smallest absolute Gasteiger partial charge is 0.0652 e. The molecule has 30 heavy (non-hydrogen) atoms. The van der Waals surface area contributed by atoms with Crippen LogP contribution in [0.2, 0.25) is 5.02 Å². The average Bonchev–Trinajstić information content (AvgIpc) is 2.81. The Bertz CT molecular complexity index is 1080. The fraction of sp³-hybridized carbons (Fsp3) is 0. The summed E-state index contributed by atoms with van der Waals surface area (Å²) in [6.45, 7) is 0. The number of para-hydroxylation sites is 2. The Morgan fingerprint density at radius 2 is 0.967 bits per heavy atom. The molecule has 4 rings (SSSR count). The Balaban J connectivity index is 1.51. The number of halogens is 1. The van der Waals surface area contributed by atoms with Gasteiger partial charge >= 0.3 is 0 Å². The molecular formula is C27H21ClN2. The average molecular weight is 409 g/mol. The van der Waals surface area contributed by atoms with E-state index in [0.717, 1.165) is 33.1 Å². The maximum Gasteiger partial charge on any atom is 0.0652 e. The van der Waals surface area contributed by atoms with Crippen LogP contribution in [-0.2, 0) is 0 Å². The molecule has 0 unspecified atom stereocenters. The molecular weight excluding hydrogens is 388 g/mol. The molecule has 0 N–H and O–H groups in total. The summed E-state index contributed by atoms with van der Waals surface area (Å²) in [7, 11) is 0. The van der Waals surface area contributed by atoms with E-state index >= 15 is 0 Å². The first-order valence-corrected chi connectivity index (χ1v) is 10.1. The van der Waals surface area contributed by atoms with E-state index in [2.05, 4.69) is 60.7 Å². The Labute approximate surface area is 182 Å². The predicted octanol–water partition coefficient (Wildman–Crippen LogP) is 7.68. The largest absolute Gasteiger partial charge is 0.234 e. The van der Waals surface area contributed by atoms with E-state index in [1.807, 2.05) is 71.9 Å². The van der Waals surface area contributed by atoms with Crippen LogP contribution in [0.4, 0.5) is 11.4 Å². The fourth-order valence-corrected chi connectivity index (χ4v) is 3.13. The van der Waals surface area contributed by atoms with Gasteiger partial charge in [0, 0.05) is 5.02 Å². The lowest BCUT2D eigenvalue weighted by molar-refractivity contribution is 1.09. The molecule has 0 aliphatic carbocycles. The molecule has 0 atom stereocenters. The zero-order valence-corrected chi connectivity index (χ0v) is 17.2. The minimum Gasteiger partial charge on any atom is -0.234 e. The number of rotatable bonds is 6. The Kier molecular flexibility index (Phi) is 6.38. The summed E-state index contributed by atoms with van der Waals surface area (Å²) in [5, 5.41) is 7.43. The first kappa shape index (κ1) is 19.7. The summed E-state index contributed by atoms with van der Waals surface area (Å²) in [6.07, 6.45) is 6.04. The molecule has 0 aromatic heterocycles. The molecule has 0 spiro atoms. The van der Waals surface area contributed by atoms with E-state index < -0.39 is 0 Å². The van der Waals surface area contributed by atoms with Crippen LogP contribution in [0.1, 0.15) is 16.7 Å². The van der Waals surface area contributed by atoms with Gasteiger partial charge in [-0.05, 0) is 53.1 Å². The molecule has 0 heterocycles. The quantitative estimate of drug-likeness (QED) is 0.181. The van der Waals surface area contributed by atoms with Crippen LogP contribution in [0.25, 0.3) is 12.2 Å². The molecule has 4 aromatic carbocycles. The standard InChI is InChI=1S/C27H21ClN2/c28-25-19-17-23(18-20-25)12-11-22-13-15-24(16-14-22)21-29-30(26-7-3-1-4-8-26)27-9-5-2-6-10-27/h1-21H/b12-11+,29-21+. The molecule has 0 fully saturated rings. The molecule has 0 amide bonds. The molecule has 0 saturated carbocycles. The monoisotopic (exact) mass is 408 g/mol. The van der Waals surface area contributed by atoms with Crippen molar-refractivity contribution in [1.29, 1.82) is 0 Å². The highest BCUT2D eigenvalue weighted by Crippen LogP contribution is 2.25. The van der Waals surface area contributed by atoms with Gasteiger partial charge in [-0.15, -0.1) is 0 Å². The number of nitrogens with zero attached hydrogens (tertiary/aromatic N) is 2. The molecule has 2 nitrogen and oxygen atoms in total. The summed E-state index contributed by atoms with van der Waals surface area (Å²) in [5.74, 6) is 0. The number of benzene rings is 4. The molecule has 3 heteroatoms. The highest BCUT2D eigenvalue weighted by atomic mass is 35.5. The number of anilines is 2. The first-order valence-electron chi connectivity index (χ1n) is 9.76. The lowest BCUT2D eigenvalue weighted by Crippen LogP contribution is -2.09. The summed E-state index contributed by atoms with van der Waals surface area (Å²) in [6, 6.07) is 36.4. The van der Waals surface area contributed by atoms with Crippen LogP contribution >= 0.6 is 11.6 Å². The van der Waals surface area contributed by atoms with E-state index in [0.29, 0.717) is 0 Å². The Hall–Kier alpha value is -3.62. The van der Waals surface area contributed by atoms with Gasteiger partial charge in [0.15, 0.2) is 0 Å². The fourth-order valence-electron chi connectivity index (χ4n) is 3.00. The van der Waals surface area contributed by atoms with Gasteiger partial charge in [0.2, 0.25) is 0 Å². The molecule has 0 bridgehead atoms. The van der Waals surface area contributed by atoms with Gasteiger partial charge in [0.25, 0.3) is 0 Å². The molecule has 0 saturated heterocycles. The summed E-state index contributed by atoms with van der Waals surface area (Å²) < 4.78 is 0. The molecule has 0 aliphatic heterocycles. The minimum absolute atomic E-state index is 0.746. The highest BCUT2D eigenvalue weighted by molar-refractivity contribution is 6.30. The Morgan fingerprint density at radius 1 is 0.533 bits per heavy atom. The van der Waals surface area contributed by atoms with Crippen molar-refractivity contribution in [2.45, 2.75) is 0 Å². The number of hydrogen-bond donors (Lipinski definition) is 0. The normalized spacial score (nSPS) is 11.2. The maximum absolute atomic E-state index is 5.94. The van der Waals surface area contributed by atoms with Gasteiger partial charge in [-0.2, -0.15) is 5.10 Å². The summed E-state index contributed by atoms with van der Waals surface area (Å²) in [4.78, 5) is 0. The second-order valence-corrected chi connectivity index (χ2v) is 7.22. The van der Waals surface area contributed by atoms with E-state index in [-0.39, 0.29) is 0 Å². The minimum atomic E-state index is 0.746. The topological polar surface area (TPSA) is 15.6 Å². The van der Waals surface area contributed by atoms with Crippen LogP contribution in [0.5, 0.6) is 0 Å². The van der Waals surface area contributed by atoms with Gasteiger partial charge in [0.05, 0.1) is 17.6 Å². The third-order valence-corrected chi connectivity index (χ3v) is 4.85. The lowest BCUT2D eigenvalue weighted by Gasteiger charge is -2.19. The zero-order valence-electron chi connectivity index (χ0n) is 16.4. The second-order valence-electron chi connectivity index (χ2n) is 6.78. The molecule has 4 aromatic rings. The van der Waals surface area contributed by atoms with Gasteiger partial charge < -0.3 is 0 Å². The third-order valence-electron chi connectivity index (χ3n) is 4.60. The van der Waals surface area contributed by atoms with Crippen molar-refractivity contribution >= 4 is 41.3 Å². The molecule has 0 radical (unpaired) electrons. The van der Waals surface area contributed by atoms with Crippen molar-refractivity contribution in [2.75, 3.05) is 5.01 Å². The lowest BCUT2D eigenvalue weighted by atomic mass is 10.1. The zero-order chi connectivity index (χ0) is 20.6. The van der Waals surface area contributed by atoms with Crippen molar-refractivity contribution in [2.24, 2.45) is 5.10 Å². The number of hydrogen-bond acceptors (Lipinski definition) is 2. The Morgan fingerprint density at radius 3 is 1.47 bits per heavy atom. The van der Waals surface area contributed by atoms with Crippen LogP contribution < -0.4 is 5.01 Å². The van der Waals surface area contributed by atoms with Crippen LogP contribution in [0.3, 0.4) is 0 Å². The van der Waals surface area contributed by atoms with Gasteiger partial charge in [-0.1, -0.05) is 96.5 Å². The van der Waals surface area contributed by atoms with Crippen molar-refractivity contribution < 1.29 is 0 Å². The van der Waals surface area contributed by atoms with Gasteiger partial charge in [-0.3, -0.25) is 0 Å². The third kappa shape index (κ3) is 5.25. The van der Waals surface area contributed by atoms with Crippen molar-refractivity contribution in [3.63, 3.8) is 0 Å². The van der Waals surface area contributed by atoms with Crippen molar-refractivity contribution in [3.05, 3.63) is 131 Å². The maximum atomic E-state index is 5.94. The number of hydrazone groups is 1. The van der Waals surface area contributed by atoms with E-state index in [1.54, 1.807) is 0 Å². The van der Waals surface area contributed by atoms with Gasteiger partial charge in [-0.25, -0.2) is 5.01 Å². The van der Waals surface area contributed by atoms with E-state index in [9.17, 15) is 0 Å². The van der Waals surface area contributed by atoms with E-state index in [4.69, 9.17) is 16.7 Å². The van der Waals surface area contributed by atoms with Crippen LogP contribution in [0, 0.1) is 0 Å². The SMILES string of the molecule is Clc1ccc(/C=C/c2ccc(/C=N/N(c3ccccc3)c3ccccc3)cc2)cc1. The first-order chi connectivity index (χ1) is 14.8. The predicted molar refractivity (Wildman–Crippen MR) is 129 cm³/mol. The van der Waals surface area contributed by atoms with Crippen LogP contribution in [0.15, 0.2) is 114 Å². The van der Waals surface area contributed by atoms with Crippen molar-refractivity contribution in [1.82, 2.24) is 0 Å². The molecule has 146 valence electrons. The summed E-state index contributed by atoms with van der Waals surface area (Å²) >= 11 is 5.94.